The molecule has 0 aliphatic carbocycles. The van der Waals surface area contributed by atoms with Gasteiger partial charge in [-0.1, -0.05) is 73.3 Å². The number of hydrogen-bond acceptors (Lipinski definition) is 2. The van der Waals surface area contributed by atoms with Crippen molar-refractivity contribution in [3.05, 3.63) is 116 Å². The lowest BCUT2D eigenvalue weighted by atomic mass is 10.1. The summed E-state index contributed by atoms with van der Waals surface area (Å²) < 4.78 is 9.64. The van der Waals surface area contributed by atoms with Gasteiger partial charge in [0.05, 0.1) is 35.4 Å². The average molecular weight is 442 g/mol. The number of para-hydroxylation sites is 3. The zero-order valence-corrected chi connectivity index (χ0v) is 18.8. The van der Waals surface area contributed by atoms with Gasteiger partial charge in [0.2, 0.25) is 0 Å². The minimum Gasteiger partial charge on any atom is -0.503 e. The van der Waals surface area contributed by atoms with Crippen molar-refractivity contribution in [3.63, 3.8) is 0 Å². The number of aromatic nitrogens is 2. The summed E-state index contributed by atoms with van der Waals surface area (Å²) in [4.78, 5) is 4.68. The number of benzene rings is 4. The Morgan fingerprint density at radius 2 is 1.35 bits per heavy atom. The van der Waals surface area contributed by atoms with Crippen LogP contribution in [0.5, 0.6) is 0 Å². The van der Waals surface area contributed by atoms with Gasteiger partial charge >= 0.3 is 0 Å². The molecule has 6 rings (SSSR count). The van der Waals surface area contributed by atoms with E-state index in [0.29, 0.717) is 0 Å². The van der Waals surface area contributed by atoms with E-state index in [1.165, 1.54) is 27.1 Å². The monoisotopic (exact) mass is 441 g/mol. The highest BCUT2D eigenvalue weighted by atomic mass is 16.5. The van der Waals surface area contributed by atoms with Crippen LogP contribution in [0.4, 0.5) is 0 Å². The maximum atomic E-state index is 5.08. The fourth-order valence-corrected chi connectivity index (χ4v) is 4.95. The zero-order chi connectivity index (χ0) is 23.1. The normalized spacial score (nSPS) is 12.4. The van der Waals surface area contributed by atoms with E-state index in [9.17, 15) is 0 Å². The number of ether oxygens (including phenoxy) is 1. The molecule has 0 atom stereocenters. The smallest absolute Gasteiger partial charge is 0.137 e. The molecule has 0 spiro atoms. The SMILES string of the molecule is C=CC(=NC=COC)n1c2ccccc2c2ccc3c4ccccc4n(-c4ccccc4)c3c21. The molecular weight excluding hydrogens is 418 g/mol. The van der Waals surface area contributed by atoms with Crippen LogP contribution >= 0.6 is 0 Å². The molecule has 34 heavy (non-hydrogen) atoms. The van der Waals surface area contributed by atoms with Crippen LogP contribution in [0.25, 0.3) is 49.3 Å². The van der Waals surface area contributed by atoms with Crippen molar-refractivity contribution in [2.45, 2.75) is 0 Å². The van der Waals surface area contributed by atoms with Crippen molar-refractivity contribution in [2.75, 3.05) is 7.11 Å². The molecule has 0 aliphatic rings. The molecule has 0 unspecified atom stereocenters. The van der Waals surface area contributed by atoms with Crippen molar-refractivity contribution >= 4 is 49.4 Å². The van der Waals surface area contributed by atoms with Crippen molar-refractivity contribution in [1.82, 2.24) is 9.13 Å². The number of allylic oxidation sites excluding steroid dienone is 1. The van der Waals surface area contributed by atoms with Gasteiger partial charge in [0, 0.05) is 27.2 Å². The average Bonchev–Trinajstić information content (AvgIpc) is 3.40. The van der Waals surface area contributed by atoms with Crippen molar-refractivity contribution in [3.8, 4) is 5.69 Å². The van der Waals surface area contributed by atoms with E-state index < -0.39 is 0 Å². The van der Waals surface area contributed by atoms with E-state index in [1.54, 1.807) is 25.6 Å². The van der Waals surface area contributed by atoms with E-state index in [0.717, 1.165) is 28.1 Å². The fraction of sp³-hybridized carbons (Fsp3) is 0.0333. The third-order valence-electron chi connectivity index (χ3n) is 6.30. The third-order valence-corrected chi connectivity index (χ3v) is 6.30. The molecule has 6 aromatic rings. The molecule has 0 amide bonds. The molecule has 4 nitrogen and oxygen atoms in total. The predicted molar refractivity (Wildman–Crippen MR) is 143 cm³/mol. The number of aliphatic imine (C=N–C) groups is 1. The van der Waals surface area contributed by atoms with Crippen LogP contribution < -0.4 is 0 Å². The molecule has 0 fully saturated rings. The van der Waals surface area contributed by atoms with Gasteiger partial charge in [-0.15, -0.1) is 0 Å². The van der Waals surface area contributed by atoms with E-state index in [1.807, 2.05) is 0 Å². The number of rotatable bonds is 4. The molecular formula is C30H23N3O. The zero-order valence-electron chi connectivity index (χ0n) is 18.8. The molecule has 0 aliphatic heterocycles. The Balaban J connectivity index is 1.89. The Hall–Kier alpha value is -4.57. The van der Waals surface area contributed by atoms with Crippen LogP contribution in [0.2, 0.25) is 0 Å². The number of methoxy groups -OCH3 is 1. The van der Waals surface area contributed by atoms with Crippen molar-refractivity contribution in [1.29, 1.82) is 0 Å². The topological polar surface area (TPSA) is 31.4 Å². The number of nitrogens with zero attached hydrogens (tertiary/aromatic N) is 3. The summed E-state index contributed by atoms with van der Waals surface area (Å²) in [6.45, 7) is 4.08. The highest BCUT2D eigenvalue weighted by Crippen LogP contribution is 2.40. The van der Waals surface area contributed by atoms with Crippen LogP contribution in [0.3, 0.4) is 0 Å². The van der Waals surface area contributed by atoms with Crippen molar-refractivity contribution in [2.24, 2.45) is 4.99 Å². The summed E-state index contributed by atoms with van der Waals surface area (Å²) in [5.74, 6) is 0.733. The van der Waals surface area contributed by atoms with Crippen LogP contribution in [-0.4, -0.2) is 22.1 Å². The van der Waals surface area contributed by atoms with Crippen LogP contribution in [0, 0.1) is 0 Å². The first kappa shape index (κ1) is 20.1. The van der Waals surface area contributed by atoms with Gasteiger partial charge in [-0.3, -0.25) is 4.57 Å². The number of hydrogen-bond donors (Lipinski definition) is 0. The summed E-state index contributed by atoms with van der Waals surface area (Å²) in [7, 11) is 1.61. The lowest BCUT2D eigenvalue weighted by Crippen LogP contribution is -2.09. The summed E-state index contributed by atoms with van der Waals surface area (Å²) >= 11 is 0. The van der Waals surface area contributed by atoms with E-state index in [2.05, 4.69) is 112 Å². The first-order chi connectivity index (χ1) is 16.8. The minimum absolute atomic E-state index is 0.733. The van der Waals surface area contributed by atoms with Gasteiger partial charge in [-0.25, -0.2) is 4.99 Å². The van der Waals surface area contributed by atoms with E-state index in [4.69, 9.17) is 4.74 Å². The van der Waals surface area contributed by atoms with Gasteiger partial charge in [-0.2, -0.15) is 0 Å². The highest BCUT2D eigenvalue weighted by molar-refractivity contribution is 6.26. The first-order valence-electron chi connectivity index (χ1n) is 11.2. The summed E-state index contributed by atoms with van der Waals surface area (Å²) in [6.07, 6.45) is 5.01. The molecule has 164 valence electrons. The Bertz CT molecular complexity index is 1750. The van der Waals surface area contributed by atoms with Gasteiger partial charge < -0.3 is 9.30 Å². The Morgan fingerprint density at radius 3 is 2.06 bits per heavy atom. The standard InChI is InChI=1S/C30H23N3O/c1-3-28(31-19-20-34-2)33-27-16-10-8-14-23(27)25-18-17-24-22-13-7-9-15-26(22)32(29(24)30(25)33)21-11-5-4-6-12-21/h3-20H,1H2,2H3. The third kappa shape index (κ3) is 2.89. The molecule has 2 aromatic heterocycles. The molecule has 4 aromatic carbocycles. The molecule has 4 heteroatoms. The molecule has 0 bridgehead atoms. The molecule has 0 radical (unpaired) electrons. The van der Waals surface area contributed by atoms with Crippen LogP contribution in [-0.2, 0) is 4.74 Å². The first-order valence-corrected chi connectivity index (χ1v) is 11.2. The second-order valence-corrected chi connectivity index (χ2v) is 8.11. The second kappa shape index (κ2) is 8.09. The second-order valence-electron chi connectivity index (χ2n) is 8.11. The van der Waals surface area contributed by atoms with Crippen LogP contribution in [0.1, 0.15) is 0 Å². The fourth-order valence-electron chi connectivity index (χ4n) is 4.95. The van der Waals surface area contributed by atoms with Gasteiger partial charge in [0.15, 0.2) is 0 Å². The summed E-state index contributed by atoms with van der Waals surface area (Å²) in [5, 5.41) is 4.77. The van der Waals surface area contributed by atoms with Gasteiger partial charge in [0.25, 0.3) is 0 Å². The molecule has 0 saturated carbocycles. The Morgan fingerprint density at radius 1 is 0.735 bits per heavy atom. The van der Waals surface area contributed by atoms with Gasteiger partial charge in [-0.05, 0) is 30.3 Å². The Labute approximate surface area is 197 Å². The van der Waals surface area contributed by atoms with E-state index in [-0.39, 0.29) is 0 Å². The predicted octanol–water partition coefficient (Wildman–Crippen LogP) is 7.44. The lowest BCUT2D eigenvalue weighted by molar-refractivity contribution is 0.337. The quantitative estimate of drug-likeness (QED) is 0.159. The lowest BCUT2D eigenvalue weighted by Gasteiger charge is -2.12. The maximum absolute atomic E-state index is 5.08. The molecule has 2 heterocycles. The van der Waals surface area contributed by atoms with Crippen LogP contribution in [0.15, 0.2) is 121 Å². The summed E-state index contributed by atoms with van der Waals surface area (Å²) in [5.41, 5.74) is 5.62. The minimum atomic E-state index is 0.733. The maximum Gasteiger partial charge on any atom is 0.137 e. The highest BCUT2D eigenvalue weighted by Gasteiger charge is 2.21. The Kier molecular flexibility index (Phi) is 4.77. The largest absolute Gasteiger partial charge is 0.503 e. The molecule has 0 N–H and O–H groups in total. The summed E-state index contributed by atoms with van der Waals surface area (Å²) in [6, 6.07) is 32.0. The number of fused-ring (bicyclic) bond motifs is 7. The van der Waals surface area contributed by atoms with Crippen molar-refractivity contribution < 1.29 is 4.74 Å². The van der Waals surface area contributed by atoms with Gasteiger partial charge in [0.1, 0.15) is 12.1 Å². The molecule has 0 saturated heterocycles. The van der Waals surface area contributed by atoms with E-state index >= 15 is 0 Å².